The lowest BCUT2D eigenvalue weighted by molar-refractivity contribution is 0.661. The molecule has 0 atom stereocenters. The van der Waals surface area contributed by atoms with Crippen molar-refractivity contribution in [1.82, 2.24) is 9.13 Å². The van der Waals surface area contributed by atoms with Crippen molar-refractivity contribution < 1.29 is 0 Å². The predicted molar refractivity (Wildman–Crippen MR) is 173 cm³/mol. The third kappa shape index (κ3) is 3.02. The van der Waals surface area contributed by atoms with Crippen LogP contribution < -0.4 is 0 Å². The minimum absolute atomic E-state index is 0.118. The van der Waals surface area contributed by atoms with Gasteiger partial charge in [0.2, 0.25) is 0 Å². The molecule has 9 rings (SSSR count). The van der Waals surface area contributed by atoms with Crippen LogP contribution in [0.1, 0.15) is 42.7 Å². The second-order valence-electron chi connectivity index (χ2n) is 12.1. The molecule has 0 N–H and O–H groups in total. The number of hydrogen-bond donors (Lipinski definition) is 0. The maximum Gasteiger partial charge on any atom is 0.0544 e. The average Bonchev–Trinajstić information content (AvgIpc) is 3.59. The first kappa shape index (κ1) is 22.9. The van der Waals surface area contributed by atoms with Crippen molar-refractivity contribution in [3.05, 3.63) is 138 Å². The molecule has 2 heteroatoms. The second-order valence-corrected chi connectivity index (χ2v) is 12.1. The van der Waals surface area contributed by atoms with E-state index in [9.17, 15) is 0 Å². The molecule has 2 aliphatic carbocycles. The van der Waals surface area contributed by atoms with Crippen LogP contribution >= 0.6 is 0 Å². The summed E-state index contributed by atoms with van der Waals surface area (Å²) in [6, 6.07) is 40.4. The van der Waals surface area contributed by atoms with Crippen LogP contribution in [0.4, 0.5) is 0 Å². The summed E-state index contributed by atoms with van der Waals surface area (Å²) in [7, 11) is 0. The quantitative estimate of drug-likeness (QED) is 0.212. The highest BCUT2D eigenvalue weighted by atomic mass is 15.0. The van der Waals surface area contributed by atoms with Gasteiger partial charge in [-0.25, -0.2) is 0 Å². The Kier molecular flexibility index (Phi) is 4.54. The zero-order valence-corrected chi connectivity index (χ0v) is 23.4. The van der Waals surface area contributed by atoms with Gasteiger partial charge < -0.3 is 9.13 Å². The van der Waals surface area contributed by atoms with Crippen LogP contribution in [0.3, 0.4) is 0 Å². The summed E-state index contributed by atoms with van der Waals surface area (Å²) < 4.78 is 4.95. The first-order valence-corrected chi connectivity index (χ1v) is 14.7. The van der Waals surface area contributed by atoms with E-state index in [-0.39, 0.29) is 5.41 Å². The molecule has 2 nitrogen and oxygen atoms in total. The summed E-state index contributed by atoms with van der Waals surface area (Å²) in [5, 5.41) is 3.97. The van der Waals surface area contributed by atoms with Gasteiger partial charge in [-0.05, 0) is 89.7 Å². The number of allylic oxidation sites excluding steroid dienone is 1. The Bertz CT molecular complexity index is 2210. The Morgan fingerprint density at radius 2 is 1.15 bits per heavy atom. The van der Waals surface area contributed by atoms with Gasteiger partial charge in [-0.3, -0.25) is 0 Å². The van der Waals surface area contributed by atoms with E-state index in [4.69, 9.17) is 0 Å². The molecule has 0 saturated heterocycles. The topological polar surface area (TPSA) is 9.86 Å². The zero-order valence-electron chi connectivity index (χ0n) is 23.4. The summed E-state index contributed by atoms with van der Waals surface area (Å²) in [5.74, 6) is 0. The van der Waals surface area contributed by atoms with Gasteiger partial charge in [0, 0.05) is 44.2 Å². The maximum absolute atomic E-state index is 2.51. The Hall–Kier alpha value is -4.82. The monoisotopic (exact) mass is 526 g/mol. The Balaban J connectivity index is 1.37. The number of nitrogens with zero attached hydrogens (tertiary/aromatic N) is 2. The molecule has 2 aromatic heterocycles. The van der Waals surface area contributed by atoms with Gasteiger partial charge in [-0.2, -0.15) is 0 Å². The fourth-order valence-electron chi connectivity index (χ4n) is 7.63. The van der Waals surface area contributed by atoms with Gasteiger partial charge in [0.1, 0.15) is 0 Å². The smallest absolute Gasteiger partial charge is 0.0544 e. The molecule has 196 valence electrons. The molecular weight excluding hydrogens is 496 g/mol. The molecule has 0 aliphatic heterocycles. The normalized spacial score (nSPS) is 15.0. The molecule has 0 spiro atoms. The van der Waals surface area contributed by atoms with Crippen molar-refractivity contribution >= 4 is 38.8 Å². The molecular formula is C39H30N2. The van der Waals surface area contributed by atoms with Gasteiger partial charge >= 0.3 is 0 Å². The minimum atomic E-state index is -0.118. The van der Waals surface area contributed by atoms with Crippen LogP contribution in [0.25, 0.3) is 61.3 Å². The molecule has 5 aromatic carbocycles. The Morgan fingerprint density at radius 3 is 1.85 bits per heavy atom. The maximum atomic E-state index is 2.51. The van der Waals surface area contributed by atoms with Gasteiger partial charge in [0.05, 0.1) is 16.6 Å². The lowest BCUT2D eigenvalue weighted by Gasteiger charge is -2.22. The number of aromatic nitrogens is 2. The van der Waals surface area contributed by atoms with Crippen molar-refractivity contribution in [2.45, 2.75) is 32.1 Å². The van der Waals surface area contributed by atoms with E-state index < -0.39 is 0 Å². The fourth-order valence-corrected chi connectivity index (χ4v) is 7.63. The summed E-state index contributed by atoms with van der Waals surface area (Å²) in [6.45, 7) is 4.81. The standard InChI is InChI=1S/C39H30N2/c1-39(2)33-23-37-31(27-17-9-11-19-35(27)40(37)25-13-5-3-6-14-25)21-29(33)30-22-32-28-18-10-12-20-36(28)41(38(32)24-34(30)39)26-15-7-4-8-16-26/h3-11,13-19,21-24H,12,20H2,1-2H3. The average molecular weight is 527 g/mol. The summed E-state index contributed by atoms with van der Waals surface area (Å²) in [6.07, 6.45) is 6.85. The van der Waals surface area contributed by atoms with Crippen LogP contribution in [0, 0.1) is 0 Å². The number of rotatable bonds is 2. The molecule has 41 heavy (non-hydrogen) atoms. The third-order valence-corrected chi connectivity index (χ3v) is 9.56. The highest BCUT2D eigenvalue weighted by Crippen LogP contribution is 2.53. The number of fused-ring (bicyclic) bond motifs is 9. The molecule has 2 heterocycles. The number of benzene rings is 5. The first-order valence-electron chi connectivity index (χ1n) is 14.7. The molecule has 0 saturated carbocycles. The fraction of sp³-hybridized carbons (Fsp3) is 0.128. The van der Waals surface area contributed by atoms with Crippen molar-refractivity contribution in [3.8, 4) is 22.5 Å². The number of para-hydroxylation sites is 3. The highest BCUT2D eigenvalue weighted by molar-refractivity contribution is 6.12. The van der Waals surface area contributed by atoms with Crippen molar-refractivity contribution in [3.63, 3.8) is 0 Å². The van der Waals surface area contributed by atoms with E-state index in [0.717, 1.165) is 12.8 Å². The van der Waals surface area contributed by atoms with E-state index in [0.29, 0.717) is 0 Å². The van der Waals surface area contributed by atoms with Gasteiger partial charge in [0.15, 0.2) is 0 Å². The van der Waals surface area contributed by atoms with Gasteiger partial charge in [0.25, 0.3) is 0 Å². The largest absolute Gasteiger partial charge is 0.313 e. The highest BCUT2D eigenvalue weighted by Gasteiger charge is 2.37. The Morgan fingerprint density at radius 1 is 0.561 bits per heavy atom. The van der Waals surface area contributed by atoms with E-state index >= 15 is 0 Å². The Labute approximate surface area is 239 Å². The van der Waals surface area contributed by atoms with Gasteiger partial charge in [-0.15, -0.1) is 0 Å². The van der Waals surface area contributed by atoms with Crippen LogP contribution in [0.15, 0.2) is 115 Å². The zero-order chi connectivity index (χ0) is 27.3. The molecule has 0 fully saturated rings. The summed E-state index contributed by atoms with van der Waals surface area (Å²) in [4.78, 5) is 0. The molecule has 0 amide bonds. The summed E-state index contributed by atoms with van der Waals surface area (Å²) >= 11 is 0. The van der Waals surface area contributed by atoms with E-state index in [1.54, 1.807) is 0 Å². The van der Waals surface area contributed by atoms with Crippen LogP contribution in [-0.4, -0.2) is 9.13 Å². The van der Waals surface area contributed by atoms with Crippen molar-refractivity contribution in [2.75, 3.05) is 0 Å². The van der Waals surface area contributed by atoms with Crippen molar-refractivity contribution in [2.24, 2.45) is 0 Å². The van der Waals surface area contributed by atoms with E-state index in [1.807, 2.05) is 0 Å². The lowest BCUT2D eigenvalue weighted by Crippen LogP contribution is -2.15. The second kappa shape index (κ2) is 8.11. The first-order chi connectivity index (χ1) is 20.1. The minimum Gasteiger partial charge on any atom is -0.313 e. The lowest BCUT2D eigenvalue weighted by atomic mass is 9.82. The van der Waals surface area contributed by atoms with Crippen LogP contribution in [-0.2, 0) is 11.8 Å². The predicted octanol–water partition coefficient (Wildman–Crippen LogP) is 9.99. The molecule has 7 aromatic rings. The van der Waals surface area contributed by atoms with E-state index in [2.05, 4.69) is 144 Å². The number of hydrogen-bond acceptors (Lipinski definition) is 0. The van der Waals surface area contributed by atoms with Crippen LogP contribution in [0.2, 0.25) is 0 Å². The molecule has 2 aliphatic rings. The molecule has 0 unspecified atom stereocenters. The summed E-state index contributed by atoms with van der Waals surface area (Å²) in [5.41, 5.74) is 14.6. The molecule has 0 radical (unpaired) electrons. The van der Waals surface area contributed by atoms with Gasteiger partial charge in [-0.1, -0.05) is 80.6 Å². The SMILES string of the molecule is CC1(C)c2cc3c(cc2-c2cc4c5ccccc5n(-c5ccccc5)c4cc21)c1c(n3-c2ccccc2)CCC=C1. The van der Waals surface area contributed by atoms with Crippen molar-refractivity contribution in [1.29, 1.82) is 0 Å². The third-order valence-electron chi connectivity index (χ3n) is 9.56. The molecule has 0 bridgehead atoms. The van der Waals surface area contributed by atoms with E-state index in [1.165, 1.54) is 77.6 Å². The van der Waals surface area contributed by atoms with Crippen LogP contribution in [0.5, 0.6) is 0 Å².